The molecule has 0 aromatic heterocycles. The Balaban J connectivity index is 1.89. The number of benzene rings is 1. The molecular formula is C12H16FNO2. The van der Waals surface area contributed by atoms with Crippen molar-refractivity contribution in [2.45, 2.75) is 12.5 Å². The van der Waals surface area contributed by atoms with Crippen LogP contribution in [0.3, 0.4) is 0 Å². The van der Waals surface area contributed by atoms with Crippen LogP contribution in [0.2, 0.25) is 0 Å². The molecule has 1 fully saturated rings. The van der Waals surface area contributed by atoms with Crippen molar-refractivity contribution in [3.05, 3.63) is 30.1 Å². The number of rotatable bonds is 3. The first-order valence-electron chi connectivity index (χ1n) is 5.53. The van der Waals surface area contributed by atoms with Crippen molar-refractivity contribution in [3.63, 3.8) is 0 Å². The maximum Gasteiger partial charge on any atom is 0.165 e. The molecule has 0 radical (unpaired) electrons. The Hall–Kier alpha value is -1.13. The first-order chi connectivity index (χ1) is 7.77. The minimum Gasteiger partial charge on any atom is -0.490 e. The molecule has 1 saturated heterocycles. The van der Waals surface area contributed by atoms with Crippen molar-refractivity contribution in [1.82, 2.24) is 5.32 Å². The molecule has 0 aliphatic carbocycles. The van der Waals surface area contributed by atoms with Crippen LogP contribution in [0, 0.1) is 11.7 Å². The molecule has 1 heterocycles. The molecule has 1 aromatic rings. The molecule has 88 valence electrons. The Bertz CT molecular complexity index is 346. The zero-order valence-electron chi connectivity index (χ0n) is 9.03. The van der Waals surface area contributed by atoms with Crippen LogP contribution in [0.5, 0.6) is 5.75 Å². The van der Waals surface area contributed by atoms with E-state index < -0.39 is 0 Å². The van der Waals surface area contributed by atoms with Crippen LogP contribution in [0.25, 0.3) is 0 Å². The molecule has 0 amide bonds. The molecule has 1 aliphatic rings. The number of halogens is 1. The normalized spacial score (nSPS) is 25.4. The minimum absolute atomic E-state index is 0.0355. The van der Waals surface area contributed by atoms with Crippen LogP contribution >= 0.6 is 0 Å². The van der Waals surface area contributed by atoms with E-state index in [1.54, 1.807) is 18.2 Å². The molecule has 4 heteroatoms. The van der Waals surface area contributed by atoms with Crippen LogP contribution in [-0.4, -0.2) is 30.9 Å². The minimum atomic E-state index is -0.360. The number of aliphatic hydroxyl groups excluding tert-OH is 1. The summed E-state index contributed by atoms with van der Waals surface area (Å²) in [6.07, 6.45) is 0.374. The summed E-state index contributed by atoms with van der Waals surface area (Å²) >= 11 is 0. The Kier molecular flexibility index (Phi) is 3.74. The molecule has 2 rings (SSSR count). The van der Waals surface area contributed by atoms with E-state index in [1.807, 2.05) is 0 Å². The number of aliphatic hydroxyl groups is 1. The zero-order valence-corrected chi connectivity index (χ0v) is 9.03. The number of hydrogen-bond donors (Lipinski definition) is 2. The van der Waals surface area contributed by atoms with Crippen molar-refractivity contribution >= 4 is 0 Å². The fraction of sp³-hybridized carbons (Fsp3) is 0.500. The van der Waals surface area contributed by atoms with Gasteiger partial charge in [0, 0.05) is 12.5 Å². The van der Waals surface area contributed by atoms with Gasteiger partial charge in [-0.3, -0.25) is 0 Å². The predicted octanol–water partition coefficient (Wildman–Crippen LogP) is 1.17. The topological polar surface area (TPSA) is 41.5 Å². The largest absolute Gasteiger partial charge is 0.490 e. The lowest BCUT2D eigenvalue weighted by Crippen LogP contribution is -2.42. The van der Waals surface area contributed by atoms with Crippen LogP contribution in [0.4, 0.5) is 4.39 Å². The standard InChI is InChI=1S/C12H16FNO2/c13-10-3-1-2-4-12(10)16-8-9-7-14-6-5-11(9)15/h1-4,9,11,14-15H,5-8H2. The Morgan fingerprint density at radius 2 is 2.25 bits per heavy atom. The fourth-order valence-electron chi connectivity index (χ4n) is 1.84. The second-order valence-corrected chi connectivity index (χ2v) is 4.06. The lowest BCUT2D eigenvalue weighted by molar-refractivity contribution is 0.0501. The van der Waals surface area contributed by atoms with Gasteiger partial charge in [-0.25, -0.2) is 4.39 Å². The van der Waals surface area contributed by atoms with Gasteiger partial charge >= 0.3 is 0 Å². The molecule has 2 N–H and O–H groups in total. The summed E-state index contributed by atoms with van der Waals surface area (Å²) in [5.74, 6) is -0.0746. The third kappa shape index (κ3) is 2.71. The zero-order chi connectivity index (χ0) is 11.4. The molecule has 0 saturated carbocycles. The van der Waals surface area contributed by atoms with Gasteiger partial charge in [-0.1, -0.05) is 12.1 Å². The van der Waals surface area contributed by atoms with Crippen molar-refractivity contribution in [3.8, 4) is 5.75 Å². The van der Waals surface area contributed by atoms with Crippen LogP contribution in [-0.2, 0) is 0 Å². The van der Waals surface area contributed by atoms with E-state index >= 15 is 0 Å². The Morgan fingerprint density at radius 1 is 1.44 bits per heavy atom. The lowest BCUT2D eigenvalue weighted by Gasteiger charge is -2.28. The molecule has 2 atom stereocenters. The van der Waals surface area contributed by atoms with Gasteiger partial charge in [0.2, 0.25) is 0 Å². The quantitative estimate of drug-likeness (QED) is 0.811. The summed E-state index contributed by atoms with van der Waals surface area (Å²) in [5.41, 5.74) is 0. The maximum atomic E-state index is 13.2. The Labute approximate surface area is 94.2 Å². The van der Waals surface area contributed by atoms with E-state index in [2.05, 4.69) is 5.32 Å². The van der Waals surface area contributed by atoms with E-state index in [0.717, 1.165) is 19.5 Å². The first-order valence-corrected chi connectivity index (χ1v) is 5.53. The number of nitrogens with one attached hydrogen (secondary N) is 1. The smallest absolute Gasteiger partial charge is 0.165 e. The Morgan fingerprint density at radius 3 is 3.00 bits per heavy atom. The van der Waals surface area contributed by atoms with Gasteiger partial charge in [-0.2, -0.15) is 0 Å². The number of para-hydroxylation sites is 1. The second-order valence-electron chi connectivity index (χ2n) is 4.06. The van der Waals surface area contributed by atoms with E-state index in [0.29, 0.717) is 6.61 Å². The number of ether oxygens (including phenoxy) is 1. The van der Waals surface area contributed by atoms with Crippen molar-refractivity contribution < 1.29 is 14.2 Å². The summed E-state index contributed by atoms with van der Waals surface area (Å²) in [7, 11) is 0. The predicted molar refractivity (Wildman–Crippen MR) is 58.9 cm³/mol. The molecule has 1 aliphatic heterocycles. The maximum absolute atomic E-state index is 13.2. The third-order valence-corrected chi connectivity index (χ3v) is 2.86. The van der Waals surface area contributed by atoms with E-state index in [1.165, 1.54) is 6.07 Å². The summed E-state index contributed by atoms with van der Waals surface area (Å²) in [5, 5.41) is 12.9. The molecule has 2 unspecified atom stereocenters. The summed E-state index contributed by atoms with van der Waals surface area (Å²) in [6.45, 7) is 1.89. The molecule has 3 nitrogen and oxygen atoms in total. The third-order valence-electron chi connectivity index (χ3n) is 2.86. The van der Waals surface area contributed by atoms with Gasteiger partial charge in [-0.05, 0) is 25.1 Å². The van der Waals surface area contributed by atoms with Crippen molar-refractivity contribution in [2.24, 2.45) is 5.92 Å². The highest BCUT2D eigenvalue weighted by atomic mass is 19.1. The molecule has 16 heavy (non-hydrogen) atoms. The summed E-state index contributed by atoms with van der Waals surface area (Å²) in [4.78, 5) is 0. The van der Waals surface area contributed by atoms with Crippen LogP contribution in [0.1, 0.15) is 6.42 Å². The van der Waals surface area contributed by atoms with Crippen LogP contribution < -0.4 is 10.1 Å². The lowest BCUT2D eigenvalue weighted by atomic mass is 9.97. The van der Waals surface area contributed by atoms with E-state index in [4.69, 9.17) is 4.74 Å². The van der Waals surface area contributed by atoms with Gasteiger partial charge in [0.1, 0.15) is 0 Å². The number of piperidine rings is 1. The monoisotopic (exact) mass is 225 g/mol. The molecule has 1 aromatic carbocycles. The summed E-state index contributed by atoms with van der Waals surface area (Å²) in [6, 6.07) is 6.32. The average Bonchev–Trinajstić information content (AvgIpc) is 2.30. The molecule has 0 spiro atoms. The molecular weight excluding hydrogens is 209 g/mol. The second kappa shape index (κ2) is 5.27. The summed E-state index contributed by atoms with van der Waals surface area (Å²) < 4.78 is 18.6. The average molecular weight is 225 g/mol. The van der Waals surface area contributed by atoms with Crippen molar-refractivity contribution in [1.29, 1.82) is 0 Å². The van der Waals surface area contributed by atoms with E-state index in [-0.39, 0.29) is 23.6 Å². The van der Waals surface area contributed by atoms with Gasteiger partial charge in [0.05, 0.1) is 12.7 Å². The SMILES string of the molecule is OC1CCNCC1COc1ccccc1F. The van der Waals surface area contributed by atoms with Gasteiger partial charge in [0.15, 0.2) is 11.6 Å². The van der Waals surface area contributed by atoms with Crippen LogP contribution in [0.15, 0.2) is 24.3 Å². The number of hydrogen-bond acceptors (Lipinski definition) is 3. The highest BCUT2D eigenvalue weighted by molar-refractivity contribution is 5.23. The first kappa shape index (κ1) is 11.4. The van der Waals surface area contributed by atoms with Crippen molar-refractivity contribution in [2.75, 3.05) is 19.7 Å². The van der Waals surface area contributed by atoms with Gasteiger partial charge < -0.3 is 15.2 Å². The van der Waals surface area contributed by atoms with Gasteiger partial charge in [0.25, 0.3) is 0 Å². The highest BCUT2D eigenvalue weighted by Gasteiger charge is 2.23. The van der Waals surface area contributed by atoms with E-state index in [9.17, 15) is 9.50 Å². The highest BCUT2D eigenvalue weighted by Crippen LogP contribution is 2.18. The molecule has 0 bridgehead atoms. The fourth-order valence-corrected chi connectivity index (χ4v) is 1.84. The van der Waals surface area contributed by atoms with Gasteiger partial charge in [-0.15, -0.1) is 0 Å².